The van der Waals surface area contributed by atoms with E-state index in [4.69, 9.17) is 17.0 Å². The third kappa shape index (κ3) is 2.81. The fourth-order valence-corrected chi connectivity index (χ4v) is 3.13. The quantitative estimate of drug-likeness (QED) is 0.877. The lowest BCUT2D eigenvalue weighted by Crippen LogP contribution is -2.16. The topological polar surface area (TPSA) is 37.9 Å². The predicted molar refractivity (Wildman–Crippen MR) is 81.3 cm³/mol. The van der Waals surface area contributed by atoms with E-state index in [1.165, 1.54) is 11.1 Å². The van der Waals surface area contributed by atoms with Crippen LogP contribution in [0.5, 0.6) is 0 Å². The molecular formula is C16H18N2OS. The zero-order valence-electron chi connectivity index (χ0n) is 11.6. The summed E-state index contributed by atoms with van der Waals surface area (Å²) in [6.07, 6.45) is 3.26. The molecule has 1 aromatic carbocycles. The van der Waals surface area contributed by atoms with Crippen LogP contribution in [-0.4, -0.2) is 17.1 Å². The Morgan fingerprint density at radius 1 is 1.35 bits per heavy atom. The molecule has 1 N–H and O–H groups in total. The van der Waals surface area contributed by atoms with Crippen LogP contribution in [0.1, 0.15) is 35.0 Å². The largest absolute Gasteiger partial charge is 0.378 e. The third-order valence-corrected chi connectivity index (χ3v) is 4.06. The molecule has 3 nitrogen and oxygen atoms in total. The molecule has 1 atom stereocenters. The van der Waals surface area contributed by atoms with Crippen molar-refractivity contribution in [3.63, 3.8) is 0 Å². The van der Waals surface area contributed by atoms with Crippen molar-refractivity contribution in [2.24, 2.45) is 0 Å². The van der Waals surface area contributed by atoms with Gasteiger partial charge < -0.3 is 9.72 Å². The van der Waals surface area contributed by atoms with Crippen molar-refractivity contribution >= 4 is 12.2 Å². The number of ether oxygens (including phenoxy) is 1. The minimum atomic E-state index is 0.420. The van der Waals surface area contributed by atoms with Crippen LogP contribution in [0.4, 0.5) is 0 Å². The van der Waals surface area contributed by atoms with Gasteiger partial charge in [-0.05, 0) is 36.5 Å². The van der Waals surface area contributed by atoms with Crippen LogP contribution in [0.3, 0.4) is 0 Å². The molecule has 1 heterocycles. The molecule has 1 aliphatic rings. The summed E-state index contributed by atoms with van der Waals surface area (Å²) in [6.45, 7) is 0.544. The van der Waals surface area contributed by atoms with Crippen molar-refractivity contribution in [3.8, 4) is 0 Å². The van der Waals surface area contributed by atoms with Gasteiger partial charge in [0, 0.05) is 18.7 Å². The first kappa shape index (κ1) is 13.5. The van der Waals surface area contributed by atoms with Gasteiger partial charge in [0.05, 0.1) is 6.61 Å². The molecule has 0 bridgehead atoms. The first-order chi connectivity index (χ1) is 9.76. The molecule has 0 saturated carbocycles. The van der Waals surface area contributed by atoms with Crippen LogP contribution in [0.25, 0.3) is 0 Å². The van der Waals surface area contributed by atoms with E-state index in [-0.39, 0.29) is 0 Å². The number of nitrogens with zero attached hydrogens (tertiary/aromatic N) is 1. The van der Waals surface area contributed by atoms with E-state index >= 15 is 0 Å². The maximum absolute atomic E-state index is 5.26. The minimum absolute atomic E-state index is 0.420. The zero-order valence-corrected chi connectivity index (χ0v) is 12.4. The van der Waals surface area contributed by atoms with Gasteiger partial charge in [-0.1, -0.05) is 36.5 Å². The van der Waals surface area contributed by atoms with Gasteiger partial charge >= 0.3 is 0 Å². The Labute approximate surface area is 124 Å². The third-order valence-electron chi connectivity index (χ3n) is 3.85. The number of fused-ring (bicyclic) bond motifs is 1. The zero-order chi connectivity index (χ0) is 13.9. The number of hydrogen-bond donors (Lipinski definition) is 1. The molecule has 2 aromatic rings. The van der Waals surface area contributed by atoms with Crippen molar-refractivity contribution < 1.29 is 4.74 Å². The van der Waals surface area contributed by atoms with Gasteiger partial charge in [0.1, 0.15) is 10.5 Å². The molecule has 0 spiro atoms. The van der Waals surface area contributed by atoms with Crippen LogP contribution in [0, 0.1) is 4.64 Å². The number of nitrogens with one attached hydrogen (secondary N) is 1. The first-order valence-electron chi connectivity index (χ1n) is 6.92. The molecule has 0 saturated heterocycles. The van der Waals surface area contributed by atoms with Gasteiger partial charge in [0.2, 0.25) is 0 Å². The molecular weight excluding hydrogens is 268 g/mol. The van der Waals surface area contributed by atoms with Crippen LogP contribution in [0.2, 0.25) is 0 Å². The van der Waals surface area contributed by atoms with E-state index < -0.39 is 0 Å². The van der Waals surface area contributed by atoms with Gasteiger partial charge in [-0.15, -0.1) is 0 Å². The molecule has 0 aliphatic heterocycles. The lowest BCUT2D eigenvalue weighted by Gasteiger charge is -2.24. The number of methoxy groups -OCH3 is 1. The van der Waals surface area contributed by atoms with E-state index in [9.17, 15) is 0 Å². The number of rotatable bonds is 3. The highest BCUT2D eigenvalue weighted by molar-refractivity contribution is 7.71. The highest BCUT2D eigenvalue weighted by atomic mass is 32.1. The summed E-state index contributed by atoms with van der Waals surface area (Å²) in [5, 5.41) is 0. The standard InChI is InChI=1S/C16H18N2OS/c1-19-10-14-9-15(20)18-16(17-14)13-7-6-11-4-2-3-5-12(11)8-13/h2-5,9,13H,6-8,10H2,1H3,(H,17,18,20). The number of aromatic amines is 1. The lowest BCUT2D eigenvalue weighted by molar-refractivity contribution is 0.181. The van der Waals surface area contributed by atoms with Crippen molar-refractivity contribution in [1.29, 1.82) is 0 Å². The van der Waals surface area contributed by atoms with E-state index in [2.05, 4.69) is 34.2 Å². The molecule has 104 valence electrons. The van der Waals surface area contributed by atoms with Crippen molar-refractivity contribution in [2.45, 2.75) is 31.8 Å². The SMILES string of the molecule is COCc1cc(=S)nc(C2CCc3ccccc3C2)[nH]1. The maximum atomic E-state index is 5.26. The number of hydrogen-bond acceptors (Lipinski definition) is 3. The normalized spacial score (nSPS) is 17.8. The molecule has 1 unspecified atom stereocenters. The Bertz CT molecular complexity index is 666. The second-order valence-corrected chi connectivity index (χ2v) is 5.69. The highest BCUT2D eigenvalue weighted by Gasteiger charge is 2.21. The Kier molecular flexibility index (Phi) is 3.94. The van der Waals surface area contributed by atoms with Crippen LogP contribution in [0.15, 0.2) is 30.3 Å². The summed E-state index contributed by atoms with van der Waals surface area (Å²) >= 11 is 5.26. The van der Waals surface area contributed by atoms with E-state index in [1.807, 2.05) is 6.07 Å². The summed E-state index contributed by atoms with van der Waals surface area (Å²) in [7, 11) is 1.69. The molecule has 20 heavy (non-hydrogen) atoms. The number of H-pyrrole nitrogens is 1. The average molecular weight is 286 g/mol. The van der Waals surface area contributed by atoms with Crippen LogP contribution >= 0.6 is 12.2 Å². The fourth-order valence-electron chi connectivity index (χ4n) is 2.89. The van der Waals surface area contributed by atoms with Gasteiger partial charge in [-0.3, -0.25) is 0 Å². The van der Waals surface area contributed by atoms with E-state index in [0.29, 0.717) is 17.2 Å². The summed E-state index contributed by atoms with van der Waals surface area (Å²) in [5.74, 6) is 1.42. The lowest BCUT2D eigenvalue weighted by atomic mass is 9.83. The average Bonchev–Trinajstić information content (AvgIpc) is 2.46. The number of aromatic nitrogens is 2. The molecule has 1 aliphatic carbocycles. The molecule has 3 rings (SSSR count). The molecule has 0 radical (unpaired) electrons. The Hall–Kier alpha value is -1.52. The van der Waals surface area contributed by atoms with Gasteiger partial charge in [-0.2, -0.15) is 0 Å². The molecule has 0 amide bonds. The molecule has 0 fully saturated rings. The summed E-state index contributed by atoms with van der Waals surface area (Å²) in [4.78, 5) is 7.90. The minimum Gasteiger partial charge on any atom is -0.378 e. The van der Waals surface area contributed by atoms with E-state index in [0.717, 1.165) is 30.8 Å². The summed E-state index contributed by atoms with van der Waals surface area (Å²) < 4.78 is 5.82. The molecule has 4 heteroatoms. The Morgan fingerprint density at radius 2 is 2.15 bits per heavy atom. The van der Waals surface area contributed by atoms with E-state index in [1.54, 1.807) is 7.11 Å². The predicted octanol–water partition coefficient (Wildman–Crippen LogP) is 3.56. The van der Waals surface area contributed by atoms with Gasteiger partial charge in [0.15, 0.2) is 0 Å². The van der Waals surface area contributed by atoms with Crippen LogP contribution < -0.4 is 0 Å². The maximum Gasteiger partial charge on any atom is 0.130 e. The first-order valence-corrected chi connectivity index (χ1v) is 7.33. The van der Waals surface area contributed by atoms with Gasteiger partial charge in [0.25, 0.3) is 0 Å². The monoisotopic (exact) mass is 286 g/mol. The fraction of sp³-hybridized carbons (Fsp3) is 0.375. The Balaban J connectivity index is 1.89. The summed E-state index contributed by atoms with van der Waals surface area (Å²) in [6, 6.07) is 10.5. The van der Waals surface area contributed by atoms with Crippen molar-refractivity contribution in [1.82, 2.24) is 9.97 Å². The second-order valence-electron chi connectivity index (χ2n) is 5.27. The summed E-state index contributed by atoms with van der Waals surface area (Å²) in [5.41, 5.74) is 3.90. The number of aryl methyl sites for hydroxylation is 1. The highest BCUT2D eigenvalue weighted by Crippen LogP contribution is 2.30. The van der Waals surface area contributed by atoms with Crippen LogP contribution in [-0.2, 0) is 24.2 Å². The second kappa shape index (κ2) is 5.85. The van der Waals surface area contributed by atoms with Crippen molar-refractivity contribution in [3.05, 3.63) is 57.6 Å². The van der Waals surface area contributed by atoms with Gasteiger partial charge in [-0.25, -0.2) is 4.98 Å². The Morgan fingerprint density at radius 3 is 2.95 bits per heavy atom. The number of benzene rings is 1. The van der Waals surface area contributed by atoms with Crippen molar-refractivity contribution in [2.75, 3.05) is 7.11 Å². The smallest absolute Gasteiger partial charge is 0.130 e. The molecule has 1 aromatic heterocycles.